The molecule has 2 N–H and O–H groups in total. The maximum absolute atomic E-state index is 10.6. The van der Waals surface area contributed by atoms with Gasteiger partial charge >= 0.3 is 14.0 Å². The molecule has 0 aliphatic carbocycles. The highest BCUT2D eigenvalue weighted by Crippen LogP contribution is 2.16. The Kier molecular flexibility index (Phi) is 5.09. The normalized spacial score (nSPS) is 11.2. The molecule has 4 nitrogen and oxygen atoms in total. The molecule has 5 heteroatoms. The van der Waals surface area contributed by atoms with Crippen molar-refractivity contribution in [3.63, 3.8) is 0 Å². The van der Waals surface area contributed by atoms with E-state index >= 15 is 0 Å². The number of rotatable bonds is 6. The third kappa shape index (κ3) is 4.51. The van der Waals surface area contributed by atoms with E-state index in [9.17, 15) is 9.36 Å². The van der Waals surface area contributed by atoms with E-state index in [0.29, 0.717) is 12.6 Å². The lowest BCUT2D eigenvalue weighted by molar-refractivity contribution is 0.0697. The lowest BCUT2D eigenvalue weighted by Crippen LogP contribution is -1.96. The summed E-state index contributed by atoms with van der Waals surface area (Å²) in [6.07, 6.45) is 2.70. The first-order chi connectivity index (χ1) is 7.59. The average molecular weight is 241 g/mol. The Labute approximate surface area is 94.8 Å². The molecule has 0 amide bonds. The molecule has 1 aromatic carbocycles. The van der Waals surface area contributed by atoms with Gasteiger partial charge in [-0.2, -0.15) is 4.89 Å². The van der Waals surface area contributed by atoms with Gasteiger partial charge in [-0.25, -0.2) is 4.79 Å². The maximum atomic E-state index is 10.6. The summed E-state index contributed by atoms with van der Waals surface area (Å²) >= 11 is 0. The van der Waals surface area contributed by atoms with E-state index in [-0.39, 0.29) is 5.56 Å². The zero-order valence-corrected chi connectivity index (χ0v) is 9.69. The third-order valence-electron chi connectivity index (χ3n) is 2.27. The van der Waals surface area contributed by atoms with E-state index in [1.807, 2.05) is 0 Å². The number of unbranched alkanes of at least 4 members (excludes halogenated alkanes) is 1. The summed E-state index contributed by atoms with van der Waals surface area (Å²) in [5, 5.41) is 8.69. The Morgan fingerprint density at radius 2 is 1.81 bits per heavy atom. The average Bonchev–Trinajstić information content (AvgIpc) is 2.25. The maximum Gasteiger partial charge on any atom is 0.505 e. The number of hydrogen-bond donors (Lipinski definition) is 2. The fourth-order valence-corrected chi connectivity index (χ4v) is 1.88. The summed E-state index contributed by atoms with van der Waals surface area (Å²) in [7, 11) is -2.02. The largest absolute Gasteiger partial charge is 0.505 e. The van der Waals surface area contributed by atoms with E-state index in [1.165, 1.54) is 0 Å². The molecule has 0 saturated heterocycles. The van der Waals surface area contributed by atoms with Crippen LogP contribution in [0, 0.1) is 0 Å². The zero-order valence-electron chi connectivity index (χ0n) is 8.80. The Bertz CT molecular complexity index is 372. The number of hydrogen-bond acceptors (Lipinski definition) is 2. The van der Waals surface area contributed by atoms with Gasteiger partial charge in [0.2, 0.25) is 0 Å². The van der Waals surface area contributed by atoms with Crippen molar-refractivity contribution in [1.82, 2.24) is 0 Å². The minimum absolute atomic E-state index is 0.280. The minimum atomic E-state index is -2.02. The third-order valence-corrected chi connectivity index (χ3v) is 2.96. The van der Waals surface area contributed by atoms with E-state index in [4.69, 9.17) is 10.00 Å². The fourth-order valence-electron chi connectivity index (χ4n) is 1.39. The number of aromatic carboxylic acids is 1. The first-order valence-corrected chi connectivity index (χ1v) is 6.45. The quantitative estimate of drug-likeness (QED) is 0.592. The molecule has 0 fully saturated rings. The molecular weight excluding hydrogens is 227 g/mol. The molecule has 1 aromatic rings. The number of carboxylic acids is 1. The SMILES string of the molecule is O=C(O)c1ccc(CCCC[P+](=O)O)cc1. The summed E-state index contributed by atoms with van der Waals surface area (Å²) < 4.78 is 10.4. The van der Waals surface area contributed by atoms with E-state index in [1.54, 1.807) is 24.3 Å². The van der Waals surface area contributed by atoms with Gasteiger partial charge < -0.3 is 5.11 Å². The van der Waals surface area contributed by atoms with Gasteiger partial charge in [-0.3, -0.25) is 0 Å². The number of benzene rings is 1. The van der Waals surface area contributed by atoms with Gasteiger partial charge in [-0.05, 0) is 41.5 Å². The van der Waals surface area contributed by atoms with Crippen LogP contribution in [0.25, 0.3) is 0 Å². The Morgan fingerprint density at radius 1 is 1.19 bits per heavy atom. The topological polar surface area (TPSA) is 74.6 Å². The van der Waals surface area contributed by atoms with Crippen LogP contribution in [0.15, 0.2) is 24.3 Å². The van der Waals surface area contributed by atoms with Crippen LogP contribution in [0.4, 0.5) is 0 Å². The number of carbonyl (C=O) groups is 1. The molecule has 0 aliphatic rings. The predicted molar refractivity (Wildman–Crippen MR) is 61.0 cm³/mol. The van der Waals surface area contributed by atoms with E-state index in [0.717, 1.165) is 18.4 Å². The molecule has 0 radical (unpaired) electrons. The molecular formula is C11H14O4P+. The van der Waals surface area contributed by atoms with Crippen LogP contribution in [-0.2, 0) is 11.0 Å². The Balaban J connectivity index is 2.38. The smallest absolute Gasteiger partial charge is 0.478 e. The summed E-state index contributed by atoms with van der Waals surface area (Å²) in [5.74, 6) is -0.927. The summed E-state index contributed by atoms with van der Waals surface area (Å²) in [6, 6.07) is 6.71. The second-order valence-corrected chi connectivity index (χ2v) is 4.69. The molecule has 86 valence electrons. The van der Waals surface area contributed by atoms with Crippen molar-refractivity contribution in [1.29, 1.82) is 0 Å². The molecule has 0 saturated carbocycles. The molecule has 0 spiro atoms. The van der Waals surface area contributed by atoms with Crippen molar-refractivity contribution in [3.05, 3.63) is 35.4 Å². The molecule has 0 bridgehead atoms. The molecule has 16 heavy (non-hydrogen) atoms. The first kappa shape index (κ1) is 12.8. The van der Waals surface area contributed by atoms with Crippen LogP contribution < -0.4 is 0 Å². The first-order valence-electron chi connectivity index (χ1n) is 5.05. The summed E-state index contributed by atoms with van der Waals surface area (Å²) in [5.41, 5.74) is 1.33. The van der Waals surface area contributed by atoms with Crippen LogP contribution in [0.1, 0.15) is 28.8 Å². The standard InChI is InChI=1S/C11H13O4P/c12-11(13)10-6-4-9(5-7-10)3-1-2-8-16(14)15/h4-7H,1-3,8H2,(H-,12,13,14,15)/p+1. The van der Waals surface area contributed by atoms with Gasteiger partial charge in [0.1, 0.15) is 0 Å². The molecule has 0 aromatic heterocycles. The minimum Gasteiger partial charge on any atom is -0.478 e. The van der Waals surface area contributed by atoms with Crippen molar-refractivity contribution < 1.29 is 19.4 Å². The number of aryl methyl sites for hydroxylation is 1. The van der Waals surface area contributed by atoms with Gasteiger partial charge in [-0.1, -0.05) is 12.1 Å². The van der Waals surface area contributed by atoms with Gasteiger partial charge in [0.05, 0.1) is 5.56 Å². The highest BCUT2D eigenvalue weighted by Gasteiger charge is 2.08. The van der Waals surface area contributed by atoms with E-state index in [2.05, 4.69) is 0 Å². The van der Waals surface area contributed by atoms with Crippen LogP contribution in [0.3, 0.4) is 0 Å². The monoisotopic (exact) mass is 241 g/mol. The fraction of sp³-hybridized carbons (Fsp3) is 0.364. The van der Waals surface area contributed by atoms with Gasteiger partial charge in [-0.15, -0.1) is 0 Å². The second kappa shape index (κ2) is 6.36. The van der Waals surface area contributed by atoms with Crippen LogP contribution in [0.5, 0.6) is 0 Å². The van der Waals surface area contributed by atoms with Gasteiger partial charge in [0, 0.05) is 0 Å². The molecule has 1 atom stereocenters. The summed E-state index contributed by atoms with van der Waals surface area (Å²) in [6.45, 7) is 0. The second-order valence-electron chi connectivity index (χ2n) is 3.53. The molecule has 1 unspecified atom stereocenters. The van der Waals surface area contributed by atoms with Gasteiger partial charge in [0.25, 0.3) is 0 Å². The van der Waals surface area contributed by atoms with Crippen LogP contribution in [0.2, 0.25) is 0 Å². The van der Waals surface area contributed by atoms with E-state index < -0.39 is 14.0 Å². The van der Waals surface area contributed by atoms with Crippen LogP contribution >= 0.6 is 8.03 Å². The lowest BCUT2D eigenvalue weighted by atomic mass is 10.1. The van der Waals surface area contributed by atoms with Crippen molar-refractivity contribution in [2.24, 2.45) is 0 Å². The predicted octanol–water partition coefficient (Wildman–Crippen LogP) is 2.44. The molecule has 0 aliphatic heterocycles. The lowest BCUT2D eigenvalue weighted by Gasteiger charge is -2.00. The van der Waals surface area contributed by atoms with Crippen molar-refractivity contribution in [2.75, 3.05) is 6.16 Å². The van der Waals surface area contributed by atoms with Crippen molar-refractivity contribution in [2.45, 2.75) is 19.3 Å². The van der Waals surface area contributed by atoms with Crippen molar-refractivity contribution >= 4 is 14.0 Å². The molecule has 1 rings (SSSR count). The van der Waals surface area contributed by atoms with Crippen LogP contribution in [-0.4, -0.2) is 22.1 Å². The Morgan fingerprint density at radius 3 is 2.31 bits per heavy atom. The number of carboxylic acid groups (broad SMARTS) is 1. The molecule has 0 heterocycles. The van der Waals surface area contributed by atoms with Gasteiger partial charge in [0.15, 0.2) is 6.16 Å². The zero-order chi connectivity index (χ0) is 12.0. The highest BCUT2D eigenvalue weighted by atomic mass is 31.1. The van der Waals surface area contributed by atoms with Crippen molar-refractivity contribution in [3.8, 4) is 0 Å². The summed E-state index contributed by atoms with van der Waals surface area (Å²) in [4.78, 5) is 19.2. The highest BCUT2D eigenvalue weighted by molar-refractivity contribution is 7.37. The Hall–Kier alpha value is -1.25.